The molecule has 16 heavy (non-hydrogen) atoms. The second-order valence-electron chi connectivity index (χ2n) is 6.04. The molecule has 2 aliphatic rings. The average molecular weight is 222 g/mol. The lowest BCUT2D eigenvalue weighted by Gasteiger charge is -2.33. The third-order valence-corrected chi connectivity index (χ3v) is 4.42. The molecular weight excluding hydrogens is 196 g/mol. The minimum absolute atomic E-state index is 0.336. The third-order valence-electron chi connectivity index (χ3n) is 4.42. The molecular formula is C15H26O. The molecule has 1 aliphatic heterocycles. The van der Waals surface area contributed by atoms with Crippen LogP contribution in [0, 0.1) is 11.8 Å². The molecule has 0 bridgehead atoms. The highest BCUT2D eigenvalue weighted by molar-refractivity contribution is 5.02. The van der Waals surface area contributed by atoms with Crippen molar-refractivity contribution in [3.05, 3.63) is 11.6 Å². The van der Waals surface area contributed by atoms with Gasteiger partial charge in [-0.1, -0.05) is 31.4 Å². The fraction of sp³-hybridized carbons (Fsp3) is 0.867. The first-order valence-electron chi connectivity index (χ1n) is 6.91. The summed E-state index contributed by atoms with van der Waals surface area (Å²) >= 11 is 0. The molecule has 0 aromatic rings. The van der Waals surface area contributed by atoms with Crippen LogP contribution in [0.25, 0.3) is 0 Å². The first-order chi connectivity index (χ1) is 7.64. The molecule has 3 unspecified atom stereocenters. The molecule has 2 rings (SSSR count). The Kier molecular flexibility index (Phi) is 3.73. The van der Waals surface area contributed by atoms with Crippen LogP contribution in [0.4, 0.5) is 0 Å². The van der Waals surface area contributed by atoms with E-state index >= 15 is 0 Å². The van der Waals surface area contributed by atoms with E-state index in [1.54, 1.807) is 0 Å². The molecule has 1 aliphatic carbocycles. The van der Waals surface area contributed by atoms with Crippen molar-refractivity contribution in [1.82, 2.24) is 0 Å². The summed E-state index contributed by atoms with van der Waals surface area (Å²) in [4.78, 5) is 0. The van der Waals surface area contributed by atoms with E-state index in [-0.39, 0.29) is 0 Å². The predicted octanol–water partition coefficient (Wildman–Crippen LogP) is 4.33. The predicted molar refractivity (Wildman–Crippen MR) is 68.5 cm³/mol. The van der Waals surface area contributed by atoms with Crippen LogP contribution in [-0.2, 0) is 4.74 Å². The Bertz CT molecular complexity index is 259. The zero-order valence-corrected chi connectivity index (χ0v) is 11.1. The van der Waals surface area contributed by atoms with Crippen molar-refractivity contribution >= 4 is 0 Å². The summed E-state index contributed by atoms with van der Waals surface area (Å²) in [6.07, 6.45) is 10.5. The maximum Gasteiger partial charge on any atom is 0.0947 e. The first-order valence-corrected chi connectivity index (χ1v) is 6.91. The lowest BCUT2D eigenvalue weighted by atomic mass is 9.71. The second-order valence-corrected chi connectivity index (χ2v) is 6.04. The molecule has 0 aromatic heterocycles. The zero-order chi connectivity index (χ0) is 11.6. The lowest BCUT2D eigenvalue weighted by molar-refractivity contribution is 0.111. The molecule has 3 atom stereocenters. The SMILES string of the molecule is CC(C)=CCCC(C)C1CCCCC12CO2. The topological polar surface area (TPSA) is 12.5 Å². The van der Waals surface area contributed by atoms with Crippen LogP contribution < -0.4 is 0 Å². The van der Waals surface area contributed by atoms with E-state index in [1.165, 1.54) is 44.1 Å². The second kappa shape index (κ2) is 4.91. The van der Waals surface area contributed by atoms with Crippen LogP contribution in [-0.4, -0.2) is 12.2 Å². The Labute approximate surface area is 100 Å². The van der Waals surface area contributed by atoms with Crippen LogP contribution in [0.15, 0.2) is 11.6 Å². The summed E-state index contributed by atoms with van der Waals surface area (Å²) < 4.78 is 5.78. The van der Waals surface area contributed by atoms with Gasteiger partial charge in [-0.2, -0.15) is 0 Å². The van der Waals surface area contributed by atoms with Gasteiger partial charge in [-0.15, -0.1) is 0 Å². The van der Waals surface area contributed by atoms with E-state index in [0.29, 0.717) is 5.60 Å². The molecule has 1 heteroatoms. The van der Waals surface area contributed by atoms with Crippen LogP contribution in [0.5, 0.6) is 0 Å². The van der Waals surface area contributed by atoms with Crippen molar-refractivity contribution in [3.8, 4) is 0 Å². The quantitative estimate of drug-likeness (QED) is 0.509. The van der Waals surface area contributed by atoms with Gasteiger partial charge in [0.15, 0.2) is 0 Å². The Hall–Kier alpha value is -0.300. The van der Waals surface area contributed by atoms with Crippen molar-refractivity contribution in [3.63, 3.8) is 0 Å². The molecule has 0 amide bonds. The van der Waals surface area contributed by atoms with Gasteiger partial charge in [-0.3, -0.25) is 0 Å². The lowest BCUT2D eigenvalue weighted by Crippen LogP contribution is -2.33. The molecule has 1 heterocycles. The molecule has 0 aromatic carbocycles. The number of allylic oxidation sites excluding steroid dienone is 2. The number of hydrogen-bond acceptors (Lipinski definition) is 1. The van der Waals surface area contributed by atoms with Gasteiger partial charge in [0, 0.05) is 0 Å². The highest BCUT2D eigenvalue weighted by atomic mass is 16.6. The molecule has 1 saturated carbocycles. The normalized spacial score (nSPS) is 34.8. The van der Waals surface area contributed by atoms with Crippen LogP contribution >= 0.6 is 0 Å². The van der Waals surface area contributed by atoms with E-state index in [0.717, 1.165) is 18.4 Å². The third kappa shape index (κ3) is 2.68. The first kappa shape index (κ1) is 12.2. The summed E-state index contributed by atoms with van der Waals surface area (Å²) in [7, 11) is 0. The van der Waals surface area contributed by atoms with Crippen molar-refractivity contribution < 1.29 is 4.74 Å². The van der Waals surface area contributed by atoms with E-state index in [9.17, 15) is 0 Å². The monoisotopic (exact) mass is 222 g/mol. The van der Waals surface area contributed by atoms with Gasteiger partial charge in [0.1, 0.15) is 0 Å². The van der Waals surface area contributed by atoms with Gasteiger partial charge in [-0.25, -0.2) is 0 Å². The molecule has 1 saturated heterocycles. The Morgan fingerprint density at radius 1 is 1.44 bits per heavy atom. The smallest absolute Gasteiger partial charge is 0.0947 e. The van der Waals surface area contributed by atoms with Gasteiger partial charge < -0.3 is 4.74 Å². The summed E-state index contributed by atoms with van der Waals surface area (Å²) in [5.74, 6) is 1.67. The van der Waals surface area contributed by atoms with Crippen molar-refractivity contribution in [2.75, 3.05) is 6.61 Å². The van der Waals surface area contributed by atoms with Gasteiger partial charge in [0.25, 0.3) is 0 Å². The van der Waals surface area contributed by atoms with Gasteiger partial charge in [-0.05, 0) is 51.4 Å². The number of ether oxygens (including phenoxy) is 1. The summed E-state index contributed by atoms with van der Waals surface area (Å²) in [5, 5.41) is 0. The van der Waals surface area contributed by atoms with Crippen LogP contribution in [0.1, 0.15) is 59.3 Å². The Morgan fingerprint density at radius 2 is 2.19 bits per heavy atom. The fourth-order valence-corrected chi connectivity index (χ4v) is 3.33. The summed E-state index contributed by atoms with van der Waals surface area (Å²) in [6, 6.07) is 0. The van der Waals surface area contributed by atoms with Gasteiger partial charge in [0.05, 0.1) is 12.2 Å². The molecule has 1 nitrogen and oxygen atoms in total. The summed E-state index contributed by atoms with van der Waals surface area (Å²) in [6.45, 7) is 7.86. The van der Waals surface area contributed by atoms with E-state index < -0.39 is 0 Å². The van der Waals surface area contributed by atoms with Crippen molar-refractivity contribution in [2.45, 2.75) is 64.9 Å². The van der Waals surface area contributed by atoms with Crippen molar-refractivity contribution in [2.24, 2.45) is 11.8 Å². The fourth-order valence-electron chi connectivity index (χ4n) is 3.33. The van der Waals surface area contributed by atoms with Crippen molar-refractivity contribution in [1.29, 1.82) is 0 Å². The largest absolute Gasteiger partial charge is 0.369 e. The molecule has 92 valence electrons. The molecule has 1 spiro atoms. The van der Waals surface area contributed by atoms with Crippen LogP contribution in [0.2, 0.25) is 0 Å². The Balaban J connectivity index is 1.83. The molecule has 0 N–H and O–H groups in total. The maximum atomic E-state index is 5.78. The van der Waals surface area contributed by atoms with E-state index in [1.807, 2.05) is 0 Å². The maximum absolute atomic E-state index is 5.78. The number of epoxide rings is 1. The van der Waals surface area contributed by atoms with Crippen LogP contribution in [0.3, 0.4) is 0 Å². The molecule has 0 radical (unpaired) electrons. The van der Waals surface area contributed by atoms with Gasteiger partial charge in [0.2, 0.25) is 0 Å². The Morgan fingerprint density at radius 3 is 2.81 bits per heavy atom. The highest BCUT2D eigenvalue weighted by Gasteiger charge is 2.53. The minimum Gasteiger partial charge on any atom is -0.369 e. The average Bonchev–Trinajstić information content (AvgIpc) is 2.98. The zero-order valence-electron chi connectivity index (χ0n) is 11.1. The molecule has 2 fully saturated rings. The standard InChI is InChI=1S/C15H26O/c1-12(2)7-6-8-13(3)14-9-4-5-10-15(14)11-16-15/h7,13-14H,4-6,8-11H2,1-3H3. The van der Waals surface area contributed by atoms with E-state index in [2.05, 4.69) is 26.8 Å². The number of rotatable bonds is 4. The summed E-state index contributed by atoms with van der Waals surface area (Å²) in [5.41, 5.74) is 1.79. The minimum atomic E-state index is 0.336. The van der Waals surface area contributed by atoms with Gasteiger partial charge >= 0.3 is 0 Å². The highest BCUT2D eigenvalue weighted by Crippen LogP contribution is 2.49. The van der Waals surface area contributed by atoms with E-state index in [4.69, 9.17) is 4.74 Å². The number of hydrogen-bond donors (Lipinski definition) is 0.